The lowest BCUT2D eigenvalue weighted by Gasteiger charge is -2.29. The normalized spacial score (nSPS) is 33.3. The van der Waals surface area contributed by atoms with Gasteiger partial charge < -0.3 is 14.7 Å². The Morgan fingerprint density at radius 2 is 1.85 bits per heavy atom. The molecule has 0 heterocycles. The van der Waals surface area contributed by atoms with Crippen LogP contribution in [0.3, 0.4) is 0 Å². The molecule has 1 rings (SSSR count). The molecule has 76 valence electrons. The van der Waals surface area contributed by atoms with Gasteiger partial charge in [-0.1, -0.05) is 19.8 Å². The molecule has 0 bridgehead atoms. The maximum atomic E-state index is 9.32. The molecular formula is C9H18O3Si. The molecule has 3 atom stereocenters. The van der Waals surface area contributed by atoms with E-state index in [0.29, 0.717) is 5.92 Å². The van der Waals surface area contributed by atoms with Gasteiger partial charge in [-0.3, -0.25) is 0 Å². The van der Waals surface area contributed by atoms with Crippen LogP contribution in [0.4, 0.5) is 0 Å². The van der Waals surface area contributed by atoms with Crippen LogP contribution in [0.1, 0.15) is 39.0 Å². The second-order valence-electron chi connectivity index (χ2n) is 3.60. The Labute approximate surface area is 82.6 Å². The third-order valence-corrected chi connectivity index (χ3v) is 2.59. The molecule has 1 saturated carbocycles. The third kappa shape index (κ3) is 4.64. The molecule has 0 aromatic heterocycles. The number of hydrogen-bond donors (Lipinski definition) is 2. The molecule has 13 heavy (non-hydrogen) atoms. The summed E-state index contributed by atoms with van der Waals surface area (Å²) in [4.78, 5) is 0. The van der Waals surface area contributed by atoms with Gasteiger partial charge >= 0.3 is 10.1 Å². The second kappa shape index (κ2) is 7.35. The molecule has 1 aliphatic carbocycles. The Morgan fingerprint density at radius 1 is 1.23 bits per heavy atom. The first kappa shape index (κ1) is 12.9. The van der Waals surface area contributed by atoms with Gasteiger partial charge in [0.15, 0.2) is 0 Å². The standard InChI is InChI=1S/C9H18O2.OSi/c1-2-3-7-4-5-8(10)9(11)6-7;1-2/h7-11H,2-6H2,1H3;. The number of aliphatic hydroxyl groups excluding tert-OH is 2. The van der Waals surface area contributed by atoms with Crippen LogP contribution in [-0.4, -0.2) is 32.5 Å². The molecule has 0 aromatic rings. The Kier molecular flexibility index (Phi) is 7.32. The second-order valence-corrected chi connectivity index (χ2v) is 3.60. The lowest BCUT2D eigenvalue weighted by molar-refractivity contribution is -0.0265. The zero-order chi connectivity index (χ0) is 10.3. The van der Waals surface area contributed by atoms with Crippen LogP contribution in [0, 0.1) is 5.92 Å². The minimum Gasteiger partial charge on any atom is -0.390 e. The topological polar surface area (TPSA) is 57.5 Å². The number of rotatable bonds is 2. The number of hydrogen-bond acceptors (Lipinski definition) is 3. The Hall–Kier alpha value is -0.0631. The molecule has 0 aliphatic heterocycles. The average Bonchev–Trinajstić information content (AvgIpc) is 2.15. The summed E-state index contributed by atoms with van der Waals surface area (Å²) in [5.41, 5.74) is 0. The van der Waals surface area contributed by atoms with Crippen LogP contribution < -0.4 is 0 Å². The molecule has 1 fully saturated rings. The Bertz CT molecular complexity index is 132. The monoisotopic (exact) mass is 202 g/mol. The van der Waals surface area contributed by atoms with E-state index in [2.05, 4.69) is 6.92 Å². The zero-order valence-corrected chi connectivity index (χ0v) is 9.07. The largest absolute Gasteiger partial charge is 0.390 e. The van der Waals surface area contributed by atoms with Gasteiger partial charge in [0.1, 0.15) is 0 Å². The van der Waals surface area contributed by atoms with E-state index in [1.54, 1.807) is 10.1 Å². The maximum Gasteiger partial charge on any atom is 0.381 e. The van der Waals surface area contributed by atoms with E-state index in [1.165, 1.54) is 12.8 Å². The summed E-state index contributed by atoms with van der Waals surface area (Å²) in [6, 6.07) is 0. The van der Waals surface area contributed by atoms with Crippen LogP contribution in [0.15, 0.2) is 0 Å². The van der Waals surface area contributed by atoms with E-state index in [1.807, 2.05) is 0 Å². The van der Waals surface area contributed by atoms with E-state index in [4.69, 9.17) is 4.46 Å². The van der Waals surface area contributed by atoms with Gasteiger partial charge in [0.25, 0.3) is 0 Å². The Balaban J connectivity index is 0.000000671. The van der Waals surface area contributed by atoms with E-state index in [-0.39, 0.29) is 0 Å². The summed E-state index contributed by atoms with van der Waals surface area (Å²) >= 11 is 0. The van der Waals surface area contributed by atoms with Crippen molar-refractivity contribution in [1.29, 1.82) is 0 Å². The summed E-state index contributed by atoms with van der Waals surface area (Å²) in [5, 5.41) is 18.5. The van der Waals surface area contributed by atoms with E-state index >= 15 is 0 Å². The highest BCUT2D eigenvalue weighted by atomic mass is 28.1. The highest BCUT2D eigenvalue weighted by molar-refractivity contribution is 5.85. The molecule has 4 heteroatoms. The first-order valence-corrected chi connectivity index (χ1v) is 5.21. The predicted octanol–water partition coefficient (Wildman–Crippen LogP) is 0.809. The molecule has 0 spiro atoms. The molecule has 1 aliphatic rings. The minimum atomic E-state index is -0.458. The fraction of sp³-hybridized carbons (Fsp3) is 1.00. The van der Waals surface area contributed by atoms with E-state index < -0.39 is 12.2 Å². The van der Waals surface area contributed by atoms with Crippen LogP contribution in [-0.2, 0) is 4.46 Å². The first-order valence-electron chi connectivity index (χ1n) is 4.80. The van der Waals surface area contributed by atoms with Gasteiger partial charge in [-0.25, -0.2) is 0 Å². The van der Waals surface area contributed by atoms with Crippen molar-refractivity contribution in [2.45, 2.75) is 51.2 Å². The van der Waals surface area contributed by atoms with Crippen LogP contribution >= 0.6 is 0 Å². The molecule has 2 N–H and O–H groups in total. The van der Waals surface area contributed by atoms with Gasteiger partial charge in [0.2, 0.25) is 0 Å². The molecule has 0 aromatic carbocycles. The first-order chi connectivity index (χ1) is 6.24. The van der Waals surface area contributed by atoms with Gasteiger partial charge in [0.05, 0.1) is 12.2 Å². The van der Waals surface area contributed by atoms with Gasteiger partial charge in [-0.2, -0.15) is 0 Å². The van der Waals surface area contributed by atoms with Crippen molar-refractivity contribution in [2.75, 3.05) is 0 Å². The quantitative estimate of drug-likeness (QED) is 0.651. The highest BCUT2D eigenvalue weighted by Crippen LogP contribution is 2.27. The fourth-order valence-electron chi connectivity index (χ4n) is 1.89. The summed E-state index contributed by atoms with van der Waals surface area (Å²) in [6.45, 7) is 2.16. The van der Waals surface area contributed by atoms with Crippen molar-refractivity contribution in [3.8, 4) is 0 Å². The zero-order valence-electron chi connectivity index (χ0n) is 8.07. The number of aliphatic hydroxyl groups is 2. The summed E-state index contributed by atoms with van der Waals surface area (Å²) in [7, 11) is 1.72. The molecule has 0 saturated heterocycles. The molecule has 2 radical (unpaired) electrons. The van der Waals surface area contributed by atoms with Crippen LogP contribution in [0.2, 0.25) is 0 Å². The van der Waals surface area contributed by atoms with Crippen molar-refractivity contribution < 1.29 is 14.7 Å². The fourth-order valence-corrected chi connectivity index (χ4v) is 1.89. The summed E-state index contributed by atoms with van der Waals surface area (Å²) in [5.74, 6) is 0.651. The van der Waals surface area contributed by atoms with Crippen molar-refractivity contribution in [2.24, 2.45) is 5.92 Å². The van der Waals surface area contributed by atoms with Gasteiger partial charge in [0, 0.05) is 0 Å². The predicted molar refractivity (Wildman–Crippen MR) is 50.7 cm³/mol. The van der Waals surface area contributed by atoms with Crippen molar-refractivity contribution in [3.63, 3.8) is 0 Å². The molecule has 3 unspecified atom stereocenters. The third-order valence-electron chi connectivity index (χ3n) is 2.59. The summed E-state index contributed by atoms with van der Waals surface area (Å²) < 4.78 is 8.06. The highest BCUT2D eigenvalue weighted by Gasteiger charge is 2.26. The van der Waals surface area contributed by atoms with Crippen molar-refractivity contribution in [3.05, 3.63) is 0 Å². The van der Waals surface area contributed by atoms with E-state index in [0.717, 1.165) is 19.3 Å². The molecular weight excluding hydrogens is 184 g/mol. The minimum absolute atomic E-state index is 0.455. The van der Waals surface area contributed by atoms with Gasteiger partial charge in [-0.05, 0) is 25.2 Å². The van der Waals surface area contributed by atoms with Crippen LogP contribution in [0.5, 0.6) is 0 Å². The smallest absolute Gasteiger partial charge is 0.381 e. The molecule has 3 nitrogen and oxygen atoms in total. The maximum absolute atomic E-state index is 9.32. The Morgan fingerprint density at radius 3 is 2.31 bits per heavy atom. The van der Waals surface area contributed by atoms with Crippen molar-refractivity contribution in [1.82, 2.24) is 0 Å². The van der Waals surface area contributed by atoms with Crippen molar-refractivity contribution >= 4 is 10.1 Å². The summed E-state index contributed by atoms with van der Waals surface area (Å²) in [6.07, 6.45) is 4.15. The molecule has 0 amide bonds. The SMILES string of the molecule is CCCC1CCC(O)C(O)C1.O=[Si]. The van der Waals surface area contributed by atoms with Crippen LogP contribution in [0.25, 0.3) is 0 Å². The van der Waals surface area contributed by atoms with Gasteiger partial charge in [-0.15, -0.1) is 0 Å². The lowest BCUT2D eigenvalue weighted by Crippen LogP contribution is -2.33. The average molecular weight is 202 g/mol. The lowest BCUT2D eigenvalue weighted by atomic mass is 9.83. The van der Waals surface area contributed by atoms with E-state index in [9.17, 15) is 10.2 Å².